The molecule has 0 rings (SSSR count). The molecular weight excluding hydrogens is 122 g/mol. The van der Waals surface area contributed by atoms with Crippen molar-refractivity contribution in [3.8, 4) is 0 Å². The molecule has 0 saturated heterocycles. The molecule has 0 heterocycles. The van der Waals surface area contributed by atoms with Crippen molar-refractivity contribution in [1.29, 1.82) is 0 Å². The molecule has 0 radical (unpaired) electrons. The van der Waals surface area contributed by atoms with Crippen molar-refractivity contribution in [2.45, 2.75) is 26.7 Å². The molecule has 0 spiro atoms. The van der Waals surface area contributed by atoms with E-state index in [-0.39, 0.29) is 0 Å². The molecule has 0 bridgehead atoms. The zero-order valence-electron chi connectivity index (χ0n) is 5.35. The first-order valence-electron chi connectivity index (χ1n) is 2.63. The quantitative estimate of drug-likeness (QED) is 0.529. The number of primary amides is 1. The van der Waals surface area contributed by atoms with Crippen LogP contribution in [0.3, 0.4) is 0 Å². The van der Waals surface area contributed by atoms with Crippen LogP contribution in [-0.2, 0) is 0 Å². The highest BCUT2D eigenvalue weighted by molar-refractivity contribution is 7.96. The number of unbranched alkanes of at least 4 members (excludes halogenated alkanes) is 1. The Hall–Kier alpha value is -0.180. The van der Waals surface area contributed by atoms with Gasteiger partial charge in [0.05, 0.1) is 0 Å². The lowest BCUT2D eigenvalue weighted by Gasteiger charge is -1.68. The lowest BCUT2D eigenvalue weighted by molar-refractivity contribution is 0.267. The summed E-state index contributed by atoms with van der Waals surface area (Å²) in [6.45, 7) is 4.36. The maximum absolute atomic E-state index is 9.09. The molecule has 0 saturated carbocycles. The van der Waals surface area contributed by atoms with Crippen LogP contribution in [0.4, 0.5) is 4.79 Å². The Balaban J connectivity index is 0. The predicted molar refractivity (Wildman–Crippen MR) is 39.2 cm³/mol. The third-order valence-electron chi connectivity index (χ3n) is 0.500. The Morgan fingerprint density at radius 3 is 1.62 bits per heavy atom. The van der Waals surface area contributed by atoms with Gasteiger partial charge in [-0.05, 0) is 0 Å². The van der Waals surface area contributed by atoms with Gasteiger partial charge in [0.2, 0.25) is 0 Å². The molecule has 0 aromatic carbocycles. The Morgan fingerprint density at radius 1 is 1.50 bits per heavy atom. The van der Waals surface area contributed by atoms with Gasteiger partial charge < -0.3 is 5.73 Å². The van der Waals surface area contributed by atoms with Gasteiger partial charge in [0.15, 0.2) is 0 Å². The molecule has 0 aliphatic rings. The number of carbonyl (C=O) groups is 1. The molecule has 0 aromatic rings. The van der Waals surface area contributed by atoms with Crippen molar-refractivity contribution in [2.75, 3.05) is 0 Å². The highest BCUT2D eigenvalue weighted by Crippen LogP contribution is 1.76. The lowest BCUT2D eigenvalue weighted by atomic mass is 10.4. The summed E-state index contributed by atoms with van der Waals surface area (Å²) in [5, 5.41) is -0.639. The number of nitrogens with two attached hydrogens (primary N) is 1. The summed E-state index contributed by atoms with van der Waals surface area (Å²) in [6, 6.07) is 0. The Bertz CT molecular complexity index is 50.4. The fraction of sp³-hybridized carbons (Fsp3) is 0.800. The maximum atomic E-state index is 9.09. The van der Waals surface area contributed by atoms with E-state index in [1.54, 1.807) is 0 Å². The zero-order chi connectivity index (χ0) is 6.99. The van der Waals surface area contributed by atoms with E-state index in [2.05, 4.69) is 32.2 Å². The molecule has 0 fully saturated rings. The van der Waals surface area contributed by atoms with Gasteiger partial charge in [-0.3, -0.25) is 4.79 Å². The summed E-state index contributed by atoms with van der Waals surface area (Å²) in [6.07, 6.45) is 2.64. The van der Waals surface area contributed by atoms with Crippen LogP contribution in [0.5, 0.6) is 0 Å². The van der Waals surface area contributed by atoms with Gasteiger partial charge in [0.1, 0.15) is 0 Å². The standard InChI is InChI=1S/C4H10.CH3NOS/c1-3-4-2;2-1(3)4/h3-4H2,1-2H3;(H3,2,3,4). The lowest BCUT2D eigenvalue weighted by Crippen LogP contribution is -1.95. The van der Waals surface area contributed by atoms with E-state index in [9.17, 15) is 0 Å². The van der Waals surface area contributed by atoms with Crippen molar-refractivity contribution in [1.82, 2.24) is 0 Å². The van der Waals surface area contributed by atoms with Crippen LogP contribution in [0.25, 0.3) is 0 Å². The van der Waals surface area contributed by atoms with Crippen LogP contribution < -0.4 is 5.73 Å². The Labute approximate surface area is 55.9 Å². The highest BCUT2D eigenvalue weighted by Gasteiger charge is 1.63. The number of rotatable bonds is 1. The zero-order valence-corrected chi connectivity index (χ0v) is 6.24. The van der Waals surface area contributed by atoms with Gasteiger partial charge >= 0.3 is 0 Å². The SMILES string of the molecule is CCCC.NC(=O)S. The fourth-order valence-electron chi connectivity index (χ4n) is 0. The molecule has 0 atom stereocenters. The molecular formula is C5H13NOS. The number of hydrogen-bond donors (Lipinski definition) is 2. The number of amides is 1. The summed E-state index contributed by atoms with van der Waals surface area (Å²) < 4.78 is 0. The average Bonchev–Trinajstić information content (AvgIpc) is 1.65. The molecule has 50 valence electrons. The van der Waals surface area contributed by atoms with E-state index in [0.717, 1.165) is 0 Å². The minimum absolute atomic E-state index is 0.639. The Kier molecular flexibility index (Phi) is 13.3. The van der Waals surface area contributed by atoms with Crippen LogP contribution in [-0.4, -0.2) is 5.24 Å². The number of carbonyl (C=O) groups excluding carboxylic acids is 1. The first-order chi connectivity index (χ1) is 3.65. The summed E-state index contributed by atoms with van der Waals surface area (Å²) in [5.41, 5.74) is 4.34. The second kappa shape index (κ2) is 9.94. The number of hydrogen-bond acceptors (Lipinski definition) is 1. The smallest absolute Gasteiger partial charge is 0.273 e. The highest BCUT2D eigenvalue weighted by atomic mass is 32.1. The molecule has 0 unspecified atom stereocenters. The van der Waals surface area contributed by atoms with Crippen molar-refractivity contribution in [3.05, 3.63) is 0 Å². The molecule has 2 nitrogen and oxygen atoms in total. The molecule has 0 aliphatic carbocycles. The minimum Gasteiger partial charge on any atom is -0.361 e. The second-order valence-electron chi connectivity index (χ2n) is 1.34. The topological polar surface area (TPSA) is 43.1 Å². The van der Waals surface area contributed by atoms with E-state index in [4.69, 9.17) is 4.79 Å². The van der Waals surface area contributed by atoms with E-state index in [0.29, 0.717) is 0 Å². The van der Waals surface area contributed by atoms with Crippen molar-refractivity contribution in [2.24, 2.45) is 5.73 Å². The normalized spacial score (nSPS) is 6.88. The largest absolute Gasteiger partial charge is 0.361 e. The van der Waals surface area contributed by atoms with E-state index in [1.807, 2.05) is 0 Å². The second-order valence-corrected chi connectivity index (χ2v) is 1.78. The molecule has 8 heavy (non-hydrogen) atoms. The first kappa shape index (κ1) is 10.7. The predicted octanol–water partition coefficient (Wildman–Crippen LogP) is 1.80. The Morgan fingerprint density at radius 2 is 1.62 bits per heavy atom. The first-order valence-corrected chi connectivity index (χ1v) is 3.08. The summed E-state index contributed by atoms with van der Waals surface area (Å²) in [5.74, 6) is 0. The molecule has 0 aliphatic heterocycles. The van der Waals surface area contributed by atoms with Crippen molar-refractivity contribution >= 4 is 17.9 Å². The third-order valence-corrected chi connectivity index (χ3v) is 0.500. The molecule has 2 N–H and O–H groups in total. The van der Waals surface area contributed by atoms with Gasteiger partial charge in [-0.2, -0.15) is 0 Å². The molecule has 0 aromatic heterocycles. The van der Waals surface area contributed by atoms with E-state index >= 15 is 0 Å². The molecule has 3 heteroatoms. The van der Waals surface area contributed by atoms with Crippen LogP contribution in [0.2, 0.25) is 0 Å². The van der Waals surface area contributed by atoms with Gasteiger partial charge in [0, 0.05) is 0 Å². The third kappa shape index (κ3) is 201. The van der Waals surface area contributed by atoms with Crippen molar-refractivity contribution in [3.63, 3.8) is 0 Å². The maximum Gasteiger partial charge on any atom is 0.273 e. The van der Waals surface area contributed by atoms with E-state index < -0.39 is 5.24 Å². The summed E-state index contributed by atoms with van der Waals surface area (Å²) in [4.78, 5) is 9.09. The van der Waals surface area contributed by atoms with Crippen LogP contribution in [0.1, 0.15) is 26.7 Å². The van der Waals surface area contributed by atoms with Gasteiger partial charge in [0.25, 0.3) is 5.24 Å². The number of thiol groups is 1. The van der Waals surface area contributed by atoms with Crippen molar-refractivity contribution < 1.29 is 4.79 Å². The monoisotopic (exact) mass is 135 g/mol. The summed E-state index contributed by atoms with van der Waals surface area (Å²) in [7, 11) is 0. The van der Waals surface area contributed by atoms with Crippen LogP contribution in [0.15, 0.2) is 0 Å². The molecule has 1 amide bonds. The summed E-state index contributed by atoms with van der Waals surface area (Å²) >= 11 is 3.10. The van der Waals surface area contributed by atoms with Gasteiger partial charge in [-0.1, -0.05) is 39.3 Å². The van der Waals surface area contributed by atoms with Crippen LogP contribution in [0, 0.1) is 0 Å². The average molecular weight is 135 g/mol. The van der Waals surface area contributed by atoms with Crippen LogP contribution >= 0.6 is 12.6 Å². The van der Waals surface area contributed by atoms with E-state index in [1.165, 1.54) is 12.8 Å². The van der Waals surface area contributed by atoms with Gasteiger partial charge in [-0.25, -0.2) is 0 Å². The minimum atomic E-state index is -0.639. The fourth-order valence-corrected chi connectivity index (χ4v) is 0. The van der Waals surface area contributed by atoms with Gasteiger partial charge in [-0.15, -0.1) is 0 Å².